The van der Waals surface area contributed by atoms with Crippen molar-refractivity contribution in [3.05, 3.63) is 41.8 Å². The molecule has 2 aromatic rings. The second kappa shape index (κ2) is 7.99. The van der Waals surface area contributed by atoms with Crippen LogP contribution >= 0.6 is 0 Å². The Bertz CT molecular complexity index is 901. The SMILES string of the molecule is CN1CCOC2(CCN(c3nc(Oc4cccc(F)c4)cc(C(F)(F)F)n3)CC2)C1. The third-order valence-electron chi connectivity index (χ3n) is 5.40. The highest BCUT2D eigenvalue weighted by Crippen LogP contribution is 2.35. The van der Waals surface area contributed by atoms with Gasteiger partial charge >= 0.3 is 6.18 Å². The van der Waals surface area contributed by atoms with Crippen molar-refractivity contribution in [2.45, 2.75) is 24.6 Å². The zero-order chi connectivity index (χ0) is 21.4. The van der Waals surface area contributed by atoms with Crippen LogP contribution in [0.25, 0.3) is 0 Å². The summed E-state index contributed by atoms with van der Waals surface area (Å²) in [6.45, 7) is 3.23. The number of aromatic nitrogens is 2. The lowest BCUT2D eigenvalue weighted by Gasteiger charge is -2.46. The fraction of sp³-hybridized carbons (Fsp3) is 0.500. The summed E-state index contributed by atoms with van der Waals surface area (Å²) in [6, 6.07) is 5.87. The molecule has 3 heterocycles. The molecule has 0 radical (unpaired) electrons. The van der Waals surface area contributed by atoms with Crippen LogP contribution in [0.3, 0.4) is 0 Å². The van der Waals surface area contributed by atoms with E-state index in [-0.39, 0.29) is 23.2 Å². The third kappa shape index (κ3) is 4.65. The normalized spacial score (nSPS) is 19.8. The summed E-state index contributed by atoms with van der Waals surface area (Å²) in [5.41, 5.74) is -1.39. The van der Waals surface area contributed by atoms with Gasteiger partial charge in [0.25, 0.3) is 0 Å². The van der Waals surface area contributed by atoms with E-state index in [2.05, 4.69) is 14.9 Å². The van der Waals surface area contributed by atoms with Gasteiger partial charge in [0, 0.05) is 38.3 Å². The molecule has 0 aliphatic carbocycles. The van der Waals surface area contributed by atoms with Crippen LogP contribution in [0, 0.1) is 5.82 Å². The molecule has 1 aromatic carbocycles. The number of rotatable bonds is 3. The minimum atomic E-state index is -4.66. The van der Waals surface area contributed by atoms with Crippen LogP contribution in [0.5, 0.6) is 11.6 Å². The fourth-order valence-electron chi connectivity index (χ4n) is 3.85. The topological polar surface area (TPSA) is 50.7 Å². The Labute approximate surface area is 171 Å². The number of ether oxygens (including phenoxy) is 2. The number of benzene rings is 1. The Kier molecular flexibility index (Phi) is 5.54. The zero-order valence-corrected chi connectivity index (χ0v) is 16.5. The first-order valence-corrected chi connectivity index (χ1v) is 9.70. The molecular weight excluding hydrogens is 404 g/mol. The van der Waals surface area contributed by atoms with Gasteiger partial charge in [0.2, 0.25) is 11.8 Å². The van der Waals surface area contributed by atoms with Crippen LogP contribution in [-0.4, -0.2) is 60.3 Å². The average molecular weight is 426 g/mol. The molecule has 10 heteroatoms. The molecule has 2 aliphatic rings. The molecule has 0 bridgehead atoms. The van der Waals surface area contributed by atoms with Gasteiger partial charge in [-0.15, -0.1) is 0 Å². The molecule has 0 saturated carbocycles. The molecule has 1 spiro atoms. The number of piperidine rings is 1. The highest BCUT2D eigenvalue weighted by Gasteiger charge is 2.40. The molecule has 0 unspecified atom stereocenters. The molecule has 162 valence electrons. The summed E-state index contributed by atoms with van der Waals surface area (Å²) in [5.74, 6) is -0.845. The average Bonchev–Trinajstić information content (AvgIpc) is 2.67. The minimum Gasteiger partial charge on any atom is -0.439 e. The smallest absolute Gasteiger partial charge is 0.433 e. The van der Waals surface area contributed by atoms with E-state index in [9.17, 15) is 17.6 Å². The van der Waals surface area contributed by atoms with E-state index < -0.39 is 17.7 Å². The van der Waals surface area contributed by atoms with Crippen molar-refractivity contribution in [3.63, 3.8) is 0 Å². The first-order chi connectivity index (χ1) is 14.2. The number of hydrogen-bond acceptors (Lipinski definition) is 6. The molecule has 6 nitrogen and oxygen atoms in total. The molecule has 2 fully saturated rings. The van der Waals surface area contributed by atoms with Crippen molar-refractivity contribution >= 4 is 5.95 Å². The standard InChI is InChI=1S/C20H22F4N4O2/c1-27-9-10-29-19(13-27)5-7-28(8-6-19)18-25-16(20(22,23)24)12-17(26-18)30-15-4-2-3-14(21)11-15/h2-4,11-12H,5-10,13H2,1H3. The first-order valence-electron chi connectivity index (χ1n) is 9.70. The molecule has 1 aromatic heterocycles. The van der Waals surface area contributed by atoms with Crippen molar-refractivity contribution in [3.8, 4) is 11.6 Å². The maximum Gasteiger partial charge on any atom is 0.433 e. The van der Waals surface area contributed by atoms with Gasteiger partial charge in [-0.3, -0.25) is 0 Å². The first kappa shape index (κ1) is 20.8. The lowest BCUT2D eigenvalue weighted by Crippen LogP contribution is -2.56. The van der Waals surface area contributed by atoms with Gasteiger partial charge in [-0.1, -0.05) is 6.07 Å². The van der Waals surface area contributed by atoms with Gasteiger partial charge in [0.05, 0.1) is 12.2 Å². The van der Waals surface area contributed by atoms with Crippen molar-refractivity contribution in [1.82, 2.24) is 14.9 Å². The number of anilines is 1. The summed E-state index contributed by atoms with van der Waals surface area (Å²) in [5, 5.41) is 0. The van der Waals surface area contributed by atoms with E-state index in [1.807, 2.05) is 7.05 Å². The maximum atomic E-state index is 13.4. The van der Waals surface area contributed by atoms with Crippen LogP contribution in [0.1, 0.15) is 18.5 Å². The molecule has 2 saturated heterocycles. The van der Waals surface area contributed by atoms with Crippen molar-refractivity contribution in [1.29, 1.82) is 0 Å². The van der Waals surface area contributed by atoms with Crippen LogP contribution in [0.4, 0.5) is 23.5 Å². The third-order valence-corrected chi connectivity index (χ3v) is 5.40. The van der Waals surface area contributed by atoms with Crippen molar-refractivity contribution < 1.29 is 27.0 Å². The molecule has 0 atom stereocenters. The van der Waals surface area contributed by atoms with E-state index in [1.165, 1.54) is 18.2 Å². The van der Waals surface area contributed by atoms with Gasteiger partial charge in [0.15, 0.2) is 5.69 Å². The van der Waals surface area contributed by atoms with Gasteiger partial charge in [-0.25, -0.2) is 9.37 Å². The summed E-state index contributed by atoms with van der Waals surface area (Å²) in [7, 11) is 2.03. The zero-order valence-electron chi connectivity index (χ0n) is 16.5. The predicted molar refractivity (Wildman–Crippen MR) is 101 cm³/mol. The fourth-order valence-corrected chi connectivity index (χ4v) is 3.85. The molecular formula is C20H22F4N4O2. The predicted octanol–water partition coefficient (Wildman–Crippen LogP) is 3.73. The highest BCUT2D eigenvalue weighted by atomic mass is 19.4. The molecule has 0 amide bonds. The van der Waals surface area contributed by atoms with Crippen LogP contribution < -0.4 is 9.64 Å². The molecule has 4 rings (SSSR count). The number of hydrogen-bond donors (Lipinski definition) is 0. The maximum absolute atomic E-state index is 13.4. The van der Waals surface area contributed by atoms with Gasteiger partial charge in [0.1, 0.15) is 11.6 Å². The van der Waals surface area contributed by atoms with E-state index in [0.717, 1.165) is 25.2 Å². The Balaban J connectivity index is 1.56. The van der Waals surface area contributed by atoms with Crippen LogP contribution in [0.15, 0.2) is 30.3 Å². The van der Waals surface area contributed by atoms with E-state index in [0.29, 0.717) is 32.5 Å². The summed E-state index contributed by atoms with van der Waals surface area (Å²) >= 11 is 0. The second-order valence-corrected chi connectivity index (χ2v) is 7.70. The minimum absolute atomic E-state index is 0.0593. The number of likely N-dealkylation sites (N-methyl/N-ethyl adjacent to an activating group) is 1. The summed E-state index contributed by atoms with van der Waals surface area (Å²) in [4.78, 5) is 11.8. The van der Waals surface area contributed by atoms with E-state index in [1.54, 1.807) is 4.90 Å². The van der Waals surface area contributed by atoms with E-state index in [4.69, 9.17) is 9.47 Å². The van der Waals surface area contributed by atoms with Gasteiger partial charge in [-0.2, -0.15) is 18.2 Å². The van der Waals surface area contributed by atoms with Crippen LogP contribution in [0.2, 0.25) is 0 Å². The Hall–Kier alpha value is -2.46. The quantitative estimate of drug-likeness (QED) is 0.698. The lowest BCUT2D eigenvalue weighted by molar-refractivity contribution is -0.141. The lowest BCUT2D eigenvalue weighted by atomic mass is 9.89. The van der Waals surface area contributed by atoms with Crippen LogP contribution in [-0.2, 0) is 10.9 Å². The molecule has 30 heavy (non-hydrogen) atoms. The summed E-state index contributed by atoms with van der Waals surface area (Å²) in [6.07, 6.45) is -3.34. The number of halogens is 4. The number of alkyl halides is 3. The van der Waals surface area contributed by atoms with Gasteiger partial charge in [-0.05, 0) is 32.0 Å². The Morgan fingerprint density at radius 2 is 1.87 bits per heavy atom. The Morgan fingerprint density at radius 3 is 2.53 bits per heavy atom. The number of nitrogens with zero attached hydrogens (tertiary/aromatic N) is 4. The van der Waals surface area contributed by atoms with Crippen molar-refractivity contribution in [2.24, 2.45) is 0 Å². The monoisotopic (exact) mass is 426 g/mol. The largest absolute Gasteiger partial charge is 0.439 e. The summed E-state index contributed by atoms with van der Waals surface area (Å²) < 4.78 is 65.0. The Morgan fingerprint density at radius 1 is 1.10 bits per heavy atom. The van der Waals surface area contributed by atoms with Crippen molar-refractivity contribution in [2.75, 3.05) is 44.7 Å². The highest BCUT2D eigenvalue weighted by molar-refractivity contribution is 5.38. The number of morpholine rings is 1. The van der Waals surface area contributed by atoms with Gasteiger partial charge < -0.3 is 19.3 Å². The molecule has 0 N–H and O–H groups in total. The second-order valence-electron chi connectivity index (χ2n) is 7.70. The molecule has 2 aliphatic heterocycles. The van der Waals surface area contributed by atoms with E-state index >= 15 is 0 Å².